The Morgan fingerprint density at radius 2 is 1.71 bits per heavy atom. The van der Waals surface area contributed by atoms with E-state index in [0.717, 1.165) is 15.4 Å². The molecule has 1 N–H and O–H groups in total. The number of para-hydroxylation sites is 1. The van der Waals surface area contributed by atoms with Crippen molar-refractivity contribution in [2.75, 3.05) is 18.0 Å². The quantitative estimate of drug-likeness (QED) is 0.412. The van der Waals surface area contributed by atoms with E-state index in [9.17, 15) is 13.2 Å². The molecule has 0 unspecified atom stereocenters. The largest absolute Gasteiger partial charge is 0.493 e. The summed E-state index contributed by atoms with van der Waals surface area (Å²) in [5.74, 6) is 0.710. The Hall–Kier alpha value is -3.23. The van der Waals surface area contributed by atoms with Crippen LogP contribution in [0.5, 0.6) is 11.5 Å². The summed E-state index contributed by atoms with van der Waals surface area (Å²) in [7, 11) is -2.47. The molecule has 1 amide bonds. The zero-order valence-electron chi connectivity index (χ0n) is 20.1. The average molecular weight is 517 g/mol. The van der Waals surface area contributed by atoms with E-state index in [2.05, 4.69) is 5.32 Å². The molecular weight excluding hydrogens is 488 g/mol. The van der Waals surface area contributed by atoms with Crippen LogP contribution in [0.3, 0.4) is 0 Å². The molecule has 9 heteroatoms. The molecule has 0 heterocycles. The number of hydrogen-bond donors (Lipinski definition) is 1. The number of amides is 1. The second-order valence-corrected chi connectivity index (χ2v) is 10.5. The van der Waals surface area contributed by atoms with E-state index in [1.807, 2.05) is 26.0 Å². The summed E-state index contributed by atoms with van der Waals surface area (Å²) in [5, 5.41) is 3.22. The number of methoxy groups -OCH3 is 1. The normalized spacial score (nSPS) is 11.3. The topological polar surface area (TPSA) is 84.9 Å². The summed E-state index contributed by atoms with van der Waals surface area (Å²) >= 11 is 5.93. The average Bonchev–Trinajstić information content (AvgIpc) is 2.82. The van der Waals surface area contributed by atoms with Gasteiger partial charge < -0.3 is 14.8 Å². The Balaban J connectivity index is 1.81. The molecule has 0 aliphatic rings. The molecule has 0 saturated carbocycles. The van der Waals surface area contributed by atoms with Gasteiger partial charge in [0.2, 0.25) is 5.91 Å². The van der Waals surface area contributed by atoms with Gasteiger partial charge in [0.05, 0.1) is 23.8 Å². The molecule has 0 aliphatic carbocycles. The van der Waals surface area contributed by atoms with Crippen molar-refractivity contribution >= 4 is 33.2 Å². The number of halogens is 1. The molecule has 0 aromatic heterocycles. The van der Waals surface area contributed by atoms with E-state index < -0.39 is 15.9 Å². The smallest absolute Gasteiger partial charge is 0.264 e. The molecule has 7 nitrogen and oxygen atoms in total. The summed E-state index contributed by atoms with van der Waals surface area (Å²) in [5.41, 5.74) is 1.94. The number of ether oxygens (including phenoxy) is 2. The second-order valence-electron chi connectivity index (χ2n) is 8.18. The minimum atomic E-state index is -4.02. The number of carbonyl (C=O) groups excluding carboxylic acids is 1. The van der Waals surface area contributed by atoms with Gasteiger partial charge in [-0.3, -0.25) is 9.10 Å². The van der Waals surface area contributed by atoms with Crippen molar-refractivity contribution in [2.24, 2.45) is 0 Å². The maximum Gasteiger partial charge on any atom is 0.264 e. The Morgan fingerprint density at radius 1 is 1.03 bits per heavy atom. The lowest BCUT2D eigenvalue weighted by Gasteiger charge is -2.25. The van der Waals surface area contributed by atoms with Crippen molar-refractivity contribution in [3.8, 4) is 11.5 Å². The van der Waals surface area contributed by atoms with Gasteiger partial charge in [-0.15, -0.1) is 0 Å². The van der Waals surface area contributed by atoms with Crippen LogP contribution in [-0.4, -0.2) is 34.1 Å². The van der Waals surface area contributed by atoms with Gasteiger partial charge in [-0.05, 0) is 74.4 Å². The van der Waals surface area contributed by atoms with Crippen LogP contribution in [-0.2, 0) is 21.4 Å². The van der Waals surface area contributed by atoms with E-state index in [1.165, 1.54) is 24.3 Å². The number of hydrogen-bond acceptors (Lipinski definition) is 5. The lowest BCUT2D eigenvalue weighted by molar-refractivity contribution is -0.119. The highest BCUT2D eigenvalue weighted by Gasteiger charge is 2.28. The predicted octanol–water partition coefficient (Wildman–Crippen LogP) is 4.96. The first-order valence-corrected chi connectivity index (χ1v) is 12.9. The van der Waals surface area contributed by atoms with E-state index in [4.69, 9.17) is 21.1 Å². The molecule has 0 saturated heterocycles. The van der Waals surface area contributed by atoms with Crippen LogP contribution in [0.25, 0.3) is 0 Å². The number of benzene rings is 3. The van der Waals surface area contributed by atoms with Gasteiger partial charge in [-0.1, -0.05) is 35.9 Å². The molecule has 0 spiro atoms. The fraction of sp³-hybridized carbons (Fsp3) is 0.269. The molecule has 35 heavy (non-hydrogen) atoms. The third-order valence-electron chi connectivity index (χ3n) is 5.15. The van der Waals surface area contributed by atoms with Crippen molar-refractivity contribution in [2.45, 2.75) is 38.3 Å². The number of aryl methyl sites for hydroxylation is 1. The highest BCUT2D eigenvalue weighted by molar-refractivity contribution is 7.92. The number of nitrogens with zero attached hydrogens (tertiary/aromatic N) is 1. The summed E-state index contributed by atoms with van der Waals surface area (Å²) in [4.78, 5) is 13.0. The summed E-state index contributed by atoms with van der Waals surface area (Å²) < 4.78 is 39.2. The molecule has 186 valence electrons. The number of nitrogens with one attached hydrogen (secondary N) is 1. The van der Waals surface area contributed by atoms with Crippen molar-refractivity contribution in [1.82, 2.24) is 5.32 Å². The van der Waals surface area contributed by atoms with Crippen molar-refractivity contribution in [3.05, 3.63) is 82.9 Å². The van der Waals surface area contributed by atoms with Crippen molar-refractivity contribution < 1.29 is 22.7 Å². The van der Waals surface area contributed by atoms with Crippen LogP contribution in [0.15, 0.2) is 71.6 Å². The summed E-state index contributed by atoms with van der Waals surface area (Å²) in [6.45, 7) is 5.45. The molecule has 3 aromatic carbocycles. The maximum atomic E-state index is 13.5. The van der Waals surface area contributed by atoms with Crippen LogP contribution in [0, 0.1) is 6.92 Å². The Kier molecular flexibility index (Phi) is 8.64. The molecule has 3 rings (SSSR count). The minimum absolute atomic E-state index is 0.00975. The molecule has 0 fully saturated rings. The van der Waals surface area contributed by atoms with E-state index in [-0.39, 0.29) is 24.1 Å². The molecule has 0 atom stereocenters. The lowest BCUT2D eigenvalue weighted by atomic mass is 10.2. The van der Waals surface area contributed by atoms with Crippen LogP contribution in [0.2, 0.25) is 5.02 Å². The number of rotatable bonds is 10. The zero-order chi connectivity index (χ0) is 25.6. The van der Waals surface area contributed by atoms with Gasteiger partial charge in [-0.25, -0.2) is 8.42 Å². The van der Waals surface area contributed by atoms with E-state index in [1.54, 1.807) is 44.4 Å². The first kappa shape index (κ1) is 26.4. The maximum absolute atomic E-state index is 13.5. The van der Waals surface area contributed by atoms with Crippen LogP contribution >= 0.6 is 11.6 Å². The Labute approximate surface area is 211 Å². The number of anilines is 1. The zero-order valence-corrected chi connectivity index (χ0v) is 21.7. The predicted molar refractivity (Wildman–Crippen MR) is 138 cm³/mol. The van der Waals surface area contributed by atoms with E-state index >= 15 is 0 Å². The molecule has 0 aliphatic heterocycles. The van der Waals surface area contributed by atoms with Gasteiger partial charge in [0.15, 0.2) is 11.5 Å². The standard InChI is InChI=1S/C26H29ClN2O5S/c1-18(2)34-24-14-9-20(15-25(24)33-4)16-28-26(30)17-29(23-8-6-5-7-19(23)3)35(31,32)22-12-10-21(27)11-13-22/h5-15,18H,16-17H2,1-4H3,(H,28,30). The van der Waals surface area contributed by atoms with Crippen LogP contribution in [0.4, 0.5) is 5.69 Å². The molecule has 0 bridgehead atoms. The van der Waals surface area contributed by atoms with Crippen LogP contribution in [0.1, 0.15) is 25.0 Å². The SMILES string of the molecule is COc1cc(CNC(=O)CN(c2ccccc2C)S(=O)(=O)c2ccc(Cl)cc2)ccc1OC(C)C. The third kappa shape index (κ3) is 6.68. The van der Waals surface area contributed by atoms with E-state index in [0.29, 0.717) is 22.2 Å². The van der Waals surface area contributed by atoms with Gasteiger partial charge in [0.25, 0.3) is 10.0 Å². The number of carbonyl (C=O) groups is 1. The molecule has 3 aromatic rings. The van der Waals surface area contributed by atoms with Gasteiger partial charge in [0, 0.05) is 11.6 Å². The number of sulfonamides is 1. The molecule has 0 radical (unpaired) electrons. The Morgan fingerprint density at radius 3 is 2.34 bits per heavy atom. The van der Waals surface area contributed by atoms with Gasteiger partial charge in [-0.2, -0.15) is 0 Å². The summed E-state index contributed by atoms with van der Waals surface area (Å²) in [6, 6.07) is 18.3. The Bertz CT molecular complexity index is 1280. The summed E-state index contributed by atoms with van der Waals surface area (Å²) in [6.07, 6.45) is -0.00975. The molecular formula is C26H29ClN2O5S. The third-order valence-corrected chi connectivity index (χ3v) is 7.18. The van der Waals surface area contributed by atoms with Gasteiger partial charge >= 0.3 is 0 Å². The highest BCUT2D eigenvalue weighted by Crippen LogP contribution is 2.29. The lowest BCUT2D eigenvalue weighted by Crippen LogP contribution is -2.41. The van der Waals surface area contributed by atoms with Crippen molar-refractivity contribution in [1.29, 1.82) is 0 Å². The monoisotopic (exact) mass is 516 g/mol. The first-order valence-electron chi connectivity index (χ1n) is 11.1. The fourth-order valence-corrected chi connectivity index (χ4v) is 5.05. The highest BCUT2D eigenvalue weighted by atomic mass is 35.5. The van der Waals surface area contributed by atoms with Gasteiger partial charge in [0.1, 0.15) is 6.54 Å². The minimum Gasteiger partial charge on any atom is -0.493 e. The fourth-order valence-electron chi connectivity index (χ4n) is 3.44. The van der Waals surface area contributed by atoms with Crippen LogP contribution < -0.4 is 19.1 Å². The second kappa shape index (κ2) is 11.5. The van der Waals surface area contributed by atoms with Crippen molar-refractivity contribution in [3.63, 3.8) is 0 Å². The first-order chi connectivity index (χ1) is 16.6.